The number of rotatable bonds is 9. The number of ether oxygens (including phenoxy) is 4. The summed E-state index contributed by atoms with van der Waals surface area (Å²) in [5.74, 6) is 0.348. The van der Waals surface area contributed by atoms with E-state index in [1.54, 1.807) is 14.0 Å². The summed E-state index contributed by atoms with van der Waals surface area (Å²) < 4.78 is 26.9. The second-order valence-corrected chi connectivity index (χ2v) is 8.51. The van der Waals surface area contributed by atoms with E-state index in [0.29, 0.717) is 55.6 Å². The molecule has 1 aromatic carbocycles. The molecule has 1 N–H and O–H groups in total. The number of ketones is 2. The van der Waals surface area contributed by atoms with Gasteiger partial charge < -0.3 is 28.8 Å². The molecule has 11 heteroatoms. The molecule has 0 saturated heterocycles. The lowest BCUT2D eigenvalue weighted by Crippen LogP contribution is -2.55. The van der Waals surface area contributed by atoms with Crippen LogP contribution in [0, 0.1) is 5.92 Å². The molecule has 1 spiro atoms. The predicted molar refractivity (Wildman–Crippen MR) is 121 cm³/mol. The average Bonchev–Trinajstić information content (AvgIpc) is 3.40. The van der Waals surface area contributed by atoms with Gasteiger partial charge in [-0.2, -0.15) is 4.98 Å². The fraction of sp³-hybridized carbons (Fsp3) is 0.478. The predicted octanol–water partition coefficient (Wildman–Crippen LogP) is 2.57. The van der Waals surface area contributed by atoms with E-state index in [0.717, 1.165) is 0 Å². The van der Waals surface area contributed by atoms with E-state index in [4.69, 9.17) is 35.1 Å². The van der Waals surface area contributed by atoms with Crippen molar-refractivity contribution in [2.45, 2.75) is 31.8 Å². The van der Waals surface area contributed by atoms with Gasteiger partial charge in [0.15, 0.2) is 11.6 Å². The number of hydrogen-bond donors (Lipinski definition) is 1. The number of nitrogens with zero attached hydrogens (tertiary/aromatic N) is 2. The van der Waals surface area contributed by atoms with Gasteiger partial charge in [0.1, 0.15) is 22.1 Å². The molecule has 2 aromatic rings. The Kier molecular flexibility index (Phi) is 6.81. The lowest BCUT2D eigenvalue weighted by atomic mass is 9.74. The summed E-state index contributed by atoms with van der Waals surface area (Å²) in [7, 11) is 4.49. The molecule has 182 valence electrons. The molecule has 10 nitrogen and oxygen atoms in total. The SMILES string of the molecule is COCCc1noc(CCNC2=CC(=O)[C@@]3(Oc4c(Cl)c(OC)cc(OC)c4C3=O)[C@H](C)C2)n1. The van der Waals surface area contributed by atoms with E-state index >= 15 is 0 Å². The van der Waals surface area contributed by atoms with Crippen molar-refractivity contribution in [3.63, 3.8) is 0 Å². The maximum Gasteiger partial charge on any atom is 0.236 e. The second-order valence-electron chi connectivity index (χ2n) is 8.13. The molecule has 1 aromatic heterocycles. The summed E-state index contributed by atoms with van der Waals surface area (Å²) in [5, 5.41) is 7.26. The number of allylic oxidation sites excluding steroid dienone is 1. The van der Waals surface area contributed by atoms with Crippen molar-refractivity contribution in [3.8, 4) is 17.2 Å². The molecule has 0 unspecified atom stereocenters. The number of Topliss-reactive ketones (excluding diaryl/α,β-unsaturated/α-hetero) is 1. The minimum atomic E-state index is -1.69. The summed E-state index contributed by atoms with van der Waals surface area (Å²) in [4.78, 5) is 31.1. The van der Waals surface area contributed by atoms with Crippen LogP contribution in [0.4, 0.5) is 0 Å². The smallest absolute Gasteiger partial charge is 0.236 e. The van der Waals surface area contributed by atoms with Crippen molar-refractivity contribution in [2.24, 2.45) is 5.92 Å². The Morgan fingerprint density at radius 1 is 1.21 bits per heavy atom. The van der Waals surface area contributed by atoms with Crippen molar-refractivity contribution in [3.05, 3.63) is 40.1 Å². The summed E-state index contributed by atoms with van der Waals surface area (Å²) in [5.41, 5.74) is -0.844. The van der Waals surface area contributed by atoms with Crippen LogP contribution in [-0.2, 0) is 22.4 Å². The monoisotopic (exact) mass is 491 g/mol. The van der Waals surface area contributed by atoms with Gasteiger partial charge in [-0.3, -0.25) is 9.59 Å². The Balaban J connectivity index is 1.49. The van der Waals surface area contributed by atoms with Gasteiger partial charge in [-0.05, 0) is 6.42 Å². The molecule has 0 saturated carbocycles. The zero-order valence-electron chi connectivity index (χ0n) is 19.4. The summed E-state index contributed by atoms with van der Waals surface area (Å²) >= 11 is 6.41. The number of nitrogens with one attached hydrogen (secondary N) is 1. The highest BCUT2D eigenvalue weighted by Gasteiger charge is 2.60. The molecule has 34 heavy (non-hydrogen) atoms. The lowest BCUT2D eigenvalue weighted by Gasteiger charge is -2.35. The Morgan fingerprint density at radius 2 is 1.97 bits per heavy atom. The third-order valence-corrected chi connectivity index (χ3v) is 6.40. The number of halogens is 1. The molecular weight excluding hydrogens is 466 g/mol. The van der Waals surface area contributed by atoms with E-state index < -0.39 is 23.1 Å². The van der Waals surface area contributed by atoms with Crippen LogP contribution in [0.2, 0.25) is 5.02 Å². The number of benzene rings is 1. The Hall–Kier alpha value is -3.11. The van der Waals surface area contributed by atoms with Crippen molar-refractivity contribution < 1.29 is 33.1 Å². The van der Waals surface area contributed by atoms with E-state index in [9.17, 15) is 9.59 Å². The number of methoxy groups -OCH3 is 3. The number of hydrogen-bond acceptors (Lipinski definition) is 10. The topological polar surface area (TPSA) is 122 Å². The fourth-order valence-corrected chi connectivity index (χ4v) is 4.53. The van der Waals surface area contributed by atoms with Gasteiger partial charge in [0.25, 0.3) is 0 Å². The van der Waals surface area contributed by atoms with Gasteiger partial charge in [0.2, 0.25) is 23.1 Å². The summed E-state index contributed by atoms with van der Waals surface area (Å²) in [6.07, 6.45) is 2.90. The zero-order valence-corrected chi connectivity index (χ0v) is 20.2. The van der Waals surface area contributed by atoms with Crippen LogP contribution in [0.5, 0.6) is 17.2 Å². The molecule has 1 aliphatic heterocycles. The molecule has 2 atom stereocenters. The van der Waals surface area contributed by atoms with Crippen LogP contribution in [-0.4, -0.2) is 61.8 Å². The van der Waals surface area contributed by atoms with Crippen LogP contribution >= 0.6 is 11.6 Å². The van der Waals surface area contributed by atoms with E-state index in [2.05, 4.69) is 15.5 Å². The highest BCUT2D eigenvalue weighted by Crippen LogP contribution is 2.52. The quantitative estimate of drug-likeness (QED) is 0.523. The molecule has 0 bridgehead atoms. The Morgan fingerprint density at radius 3 is 2.65 bits per heavy atom. The summed E-state index contributed by atoms with van der Waals surface area (Å²) in [6.45, 7) is 2.80. The van der Waals surface area contributed by atoms with Crippen molar-refractivity contribution >= 4 is 23.2 Å². The Labute approximate surface area is 201 Å². The minimum absolute atomic E-state index is 0.105. The highest BCUT2D eigenvalue weighted by atomic mass is 35.5. The van der Waals surface area contributed by atoms with Crippen molar-refractivity contribution in [1.82, 2.24) is 15.5 Å². The van der Waals surface area contributed by atoms with Gasteiger partial charge in [0.05, 0.1) is 20.8 Å². The average molecular weight is 492 g/mol. The zero-order chi connectivity index (χ0) is 24.5. The molecule has 4 rings (SSSR count). The molecule has 0 amide bonds. The second kappa shape index (κ2) is 9.63. The minimum Gasteiger partial charge on any atom is -0.496 e. The highest BCUT2D eigenvalue weighted by molar-refractivity contribution is 6.36. The molecule has 0 fully saturated rings. The first-order valence-electron chi connectivity index (χ1n) is 10.8. The third-order valence-electron chi connectivity index (χ3n) is 6.04. The van der Waals surface area contributed by atoms with E-state index in [1.807, 2.05) is 0 Å². The van der Waals surface area contributed by atoms with Crippen LogP contribution in [0.3, 0.4) is 0 Å². The van der Waals surface area contributed by atoms with Crippen molar-refractivity contribution in [1.29, 1.82) is 0 Å². The maximum atomic E-state index is 13.5. The van der Waals surface area contributed by atoms with Crippen molar-refractivity contribution in [2.75, 3.05) is 34.5 Å². The Bertz CT molecular complexity index is 1150. The number of fused-ring (bicyclic) bond motifs is 1. The first kappa shape index (κ1) is 24.0. The van der Waals surface area contributed by atoms with Gasteiger partial charge in [-0.15, -0.1) is 0 Å². The van der Waals surface area contributed by atoms with Gasteiger partial charge in [-0.1, -0.05) is 23.7 Å². The standard InChI is InChI=1S/C23H26ClN3O7/c1-12-9-13(25-7-5-18-26-17(27-34-18)6-8-30-2)10-16(28)23(12)22(29)19-14(31-3)11-15(32-4)20(24)21(19)33-23/h10-12,25H,5-9H2,1-4H3/t12-,23+/m1/s1. The van der Waals surface area contributed by atoms with Gasteiger partial charge in [-0.25, -0.2) is 0 Å². The first-order chi connectivity index (χ1) is 16.3. The summed E-state index contributed by atoms with van der Waals surface area (Å²) in [6, 6.07) is 1.51. The molecule has 2 aliphatic rings. The lowest BCUT2D eigenvalue weighted by molar-refractivity contribution is -0.129. The largest absolute Gasteiger partial charge is 0.496 e. The van der Waals surface area contributed by atoms with Gasteiger partial charge in [0, 0.05) is 50.3 Å². The van der Waals surface area contributed by atoms with E-state index in [-0.39, 0.29) is 22.1 Å². The normalized spacial score (nSPS) is 21.3. The van der Waals surface area contributed by atoms with Crippen LogP contribution in [0.1, 0.15) is 35.4 Å². The van der Waals surface area contributed by atoms with Crippen LogP contribution in [0.25, 0.3) is 0 Å². The number of carbonyl (C=O) groups is 2. The molecule has 1 aliphatic carbocycles. The molecule has 0 radical (unpaired) electrons. The number of aromatic nitrogens is 2. The number of carbonyl (C=O) groups excluding carboxylic acids is 2. The van der Waals surface area contributed by atoms with E-state index in [1.165, 1.54) is 26.4 Å². The molecule has 2 heterocycles. The molecular formula is C23H26ClN3O7. The van der Waals surface area contributed by atoms with Gasteiger partial charge >= 0.3 is 0 Å². The first-order valence-corrected chi connectivity index (χ1v) is 11.2. The van der Waals surface area contributed by atoms with Crippen LogP contribution < -0.4 is 19.5 Å². The maximum absolute atomic E-state index is 13.5. The fourth-order valence-electron chi connectivity index (χ4n) is 4.27. The third kappa shape index (κ3) is 4.01. The van der Waals surface area contributed by atoms with Crippen LogP contribution in [0.15, 0.2) is 22.4 Å².